The molecular formula is C25H23N3O7. The number of H-pyrrole nitrogens is 1. The molecule has 2 aromatic heterocycles. The number of fused-ring (bicyclic) bond motifs is 2. The summed E-state index contributed by atoms with van der Waals surface area (Å²) < 4.78 is 21.9. The molecule has 4 aromatic rings. The highest BCUT2D eigenvalue weighted by Crippen LogP contribution is 2.45. The summed E-state index contributed by atoms with van der Waals surface area (Å²) in [6.07, 6.45) is 3.70. The van der Waals surface area contributed by atoms with Gasteiger partial charge in [-0.3, -0.25) is 4.79 Å². The van der Waals surface area contributed by atoms with Crippen LogP contribution >= 0.6 is 0 Å². The highest BCUT2D eigenvalue weighted by molar-refractivity contribution is 5.85. The molecule has 0 spiro atoms. The molecule has 0 aliphatic carbocycles. The number of nitrogens with one attached hydrogen (secondary N) is 2. The largest absolute Gasteiger partial charge is 0.507 e. The van der Waals surface area contributed by atoms with E-state index in [1.165, 1.54) is 7.11 Å². The number of nitrogens with zero attached hydrogens (tertiary/aromatic N) is 1. The molecule has 3 heterocycles. The average molecular weight is 477 g/mol. The van der Waals surface area contributed by atoms with Gasteiger partial charge in [0.05, 0.1) is 24.4 Å². The van der Waals surface area contributed by atoms with Crippen molar-refractivity contribution in [1.82, 2.24) is 15.3 Å². The molecule has 0 saturated heterocycles. The number of carbonyl (C=O) groups is 1. The van der Waals surface area contributed by atoms with E-state index >= 15 is 0 Å². The minimum Gasteiger partial charge on any atom is -0.507 e. The Balaban J connectivity index is 1.53. The summed E-state index contributed by atoms with van der Waals surface area (Å²) in [6.45, 7) is 0.397. The molecular weight excluding hydrogens is 454 g/mol. The smallest absolute Gasteiger partial charge is 0.343 e. The molecule has 0 radical (unpaired) electrons. The van der Waals surface area contributed by atoms with E-state index in [0.29, 0.717) is 41.2 Å². The first-order chi connectivity index (χ1) is 17.0. The second kappa shape index (κ2) is 9.41. The Bertz CT molecular complexity index is 1430. The summed E-state index contributed by atoms with van der Waals surface area (Å²) in [4.78, 5) is 33.0. The van der Waals surface area contributed by atoms with Crippen LogP contribution in [0.2, 0.25) is 0 Å². The van der Waals surface area contributed by atoms with Gasteiger partial charge in [-0.1, -0.05) is 12.1 Å². The van der Waals surface area contributed by atoms with Crippen LogP contribution in [0.1, 0.15) is 29.2 Å². The number of aromatic amines is 1. The number of ether oxygens (including phenoxy) is 3. The molecule has 1 aliphatic rings. The van der Waals surface area contributed by atoms with Crippen molar-refractivity contribution in [2.75, 3.05) is 20.4 Å². The number of hydrogen-bond donors (Lipinski definition) is 3. The Morgan fingerprint density at radius 2 is 2.14 bits per heavy atom. The van der Waals surface area contributed by atoms with Crippen molar-refractivity contribution in [2.45, 2.75) is 18.8 Å². The minimum absolute atomic E-state index is 0.0201. The fraction of sp³-hybridized carbons (Fsp3) is 0.240. The van der Waals surface area contributed by atoms with Crippen molar-refractivity contribution in [2.24, 2.45) is 0 Å². The molecule has 1 aliphatic heterocycles. The fourth-order valence-electron chi connectivity index (χ4n) is 4.21. The zero-order chi connectivity index (χ0) is 24.4. The van der Waals surface area contributed by atoms with Gasteiger partial charge < -0.3 is 34.0 Å². The summed E-state index contributed by atoms with van der Waals surface area (Å²) in [5.74, 6) is -0.125. The zero-order valence-electron chi connectivity index (χ0n) is 18.9. The number of imidazole rings is 1. The van der Waals surface area contributed by atoms with Crippen LogP contribution < -0.4 is 25.2 Å². The predicted molar refractivity (Wildman–Crippen MR) is 125 cm³/mol. The number of hydrogen-bond acceptors (Lipinski definition) is 8. The van der Waals surface area contributed by atoms with Gasteiger partial charge in [0.1, 0.15) is 11.3 Å². The lowest BCUT2D eigenvalue weighted by Crippen LogP contribution is -2.28. The van der Waals surface area contributed by atoms with Crippen LogP contribution in [0.5, 0.6) is 23.0 Å². The van der Waals surface area contributed by atoms with Gasteiger partial charge in [-0.05, 0) is 29.8 Å². The minimum atomic E-state index is -0.841. The first-order valence-electron chi connectivity index (χ1n) is 11.0. The van der Waals surface area contributed by atoms with Gasteiger partial charge in [0.15, 0.2) is 11.5 Å². The van der Waals surface area contributed by atoms with E-state index in [1.54, 1.807) is 48.9 Å². The van der Waals surface area contributed by atoms with E-state index in [-0.39, 0.29) is 36.0 Å². The van der Waals surface area contributed by atoms with Crippen LogP contribution in [-0.2, 0) is 11.2 Å². The molecule has 0 saturated carbocycles. The van der Waals surface area contributed by atoms with Crippen molar-refractivity contribution in [3.8, 4) is 23.0 Å². The average Bonchev–Trinajstić information content (AvgIpc) is 3.55. The third-order valence-corrected chi connectivity index (χ3v) is 5.91. The van der Waals surface area contributed by atoms with Crippen molar-refractivity contribution in [3.05, 3.63) is 76.2 Å². The zero-order valence-corrected chi connectivity index (χ0v) is 18.9. The first-order valence-corrected chi connectivity index (χ1v) is 11.0. The molecule has 5 rings (SSSR count). The summed E-state index contributed by atoms with van der Waals surface area (Å²) in [7, 11) is 1.49. The monoisotopic (exact) mass is 477 g/mol. The Labute approximate surface area is 199 Å². The van der Waals surface area contributed by atoms with Crippen LogP contribution in [-0.4, -0.2) is 41.4 Å². The molecule has 10 nitrogen and oxygen atoms in total. The quantitative estimate of drug-likeness (QED) is 0.330. The summed E-state index contributed by atoms with van der Waals surface area (Å²) in [5.41, 5.74) is 0.925. The van der Waals surface area contributed by atoms with Crippen molar-refractivity contribution < 1.29 is 28.5 Å². The Morgan fingerprint density at radius 3 is 2.94 bits per heavy atom. The van der Waals surface area contributed by atoms with Gasteiger partial charge in [-0.15, -0.1) is 0 Å². The van der Waals surface area contributed by atoms with E-state index in [9.17, 15) is 14.7 Å². The second-order valence-electron chi connectivity index (χ2n) is 8.04. The molecule has 1 amide bonds. The lowest BCUT2D eigenvalue weighted by molar-refractivity contribution is -0.121. The van der Waals surface area contributed by atoms with Gasteiger partial charge in [-0.25, -0.2) is 9.78 Å². The summed E-state index contributed by atoms with van der Waals surface area (Å²) in [5, 5.41) is 14.3. The van der Waals surface area contributed by atoms with Crippen molar-refractivity contribution >= 4 is 16.9 Å². The van der Waals surface area contributed by atoms with E-state index < -0.39 is 11.5 Å². The number of carbonyl (C=O) groups excluding carboxylic acids is 1. The number of rotatable bonds is 8. The lowest BCUT2D eigenvalue weighted by atomic mass is 9.87. The topological polar surface area (TPSA) is 136 Å². The maximum atomic E-state index is 13.1. The number of methoxy groups -OCH3 is 1. The SMILES string of the molecule is COc1cc([C@@H](CC(=O)NCCc2cnc[nH]2)c2c(O)c3ccccc3oc2=O)cc2c1OCO2. The standard InChI is InChI=1S/C25H23N3O7/c1-32-19-8-14(9-20-24(19)34-13-33-20)17(10-21(29)27-7-6-15-11-26-12-28-15)22-23(30)16-4-2-3-5-18(16)35-25(22)31/h2-5,8-9,11-12,17,30H,6-7,10,13H2,1H3,(H,26,28)(H,27,29)/t17-/m1/s1. The van der Waals surface area contributed by atoms with Crippen molar-refractivity contribution in [3.63, 3.8) is 0 Å². The van der Waals surface area contributed by atoms with Gasteiger partial charge in [-0.2, -0.15) is 0 Å². The highest BCUT2D eigenvalue weighted by atomic mass is 16.7. The first kappa shape index (κ1) is 22.3. The third kappa shape index (κ3) is 4.37. The van der Waals surface area contributed by atoms with Crippen LogP contribution in [0.3, 0.4) is 0 Å². The molecule has 2 aromatic carbocycles. The third-order valence-electron chi connectivity index (χ3n) is 5.91. The normalized spacial score (nSPS) is 13.1. The fourth-order valence-corrected chi connectivity index (χ4v) is 4.21. The van der Waals surface area contributed by atoms with Crippen LogP contribution in [0, 0.1) is 0 Å². The van der Waals surface area contributed by atoms with E-state index in [2.05, 4.69) is 15.3 Å². The maximum absolute atomic E-state index is 13.1. The Morgan fingerprint density at radius 1 is 1.29 bits per heavy atom. The Kier molecular flexibility index (Phi) is 6.01. The lowest BCUT2D eigenvalue weighted by Gasteiger charge is -2.20. The molecule has 0 unspecified atom stereocenters. The van der Waals surface area contributed by atoms with E-state index in [0.717, 1.165) is 5.69 Å². The van der Waals surface area contributed by atoms with Gasteiger partial charge in [0.2, 0.25) is 18.4 Å². The molecule has 0 fully saturated rings. The van der Waals surface area contributed by atoms with Crippen molar-refractivity contribution in [1.29, 1.82) is 0 Å². The van der Waals surface area contributed by atoms with E-state index in [1.807, 2.05) is 0 Å². The van der Waals surface area contributed by atoms with Crippen LogP contribution in [0.15, 0.2) is 58.1 Å². The number of benzene rings is 2. The molecule has 180 valence electrons. The number of para-hydroxylation sites is 1. The number of aromatic nitrogens is 2. The number of aromatic hydroxyl groups is 1. The highest BCUT2D eigenvalue weighted by Gasteiger charge is 2.30. The van der Waals surface area contributed by atoms with Gasteiger partial charge in [0, 0.05) is 37.2 Å². The predicted octanol–water partition coefficient (Wildman–Crippen LogP) is 2.84. The maximum Gasteiger partial charge on any atom is 0.343 e. The summed E-state index contributed by atoms with van der Waals surface area (Å²) >= 11 is 0. The number of amides is 1. The molecule has 3 N–H and O–H groups in total. The molecule has 35 heavy (non-hydrogen) atoms. The van der Waals surface area contributed by atoms with Crippen LogP contribution in [0.25, 0.3) is 11.0 Å². The molecule has 1 atom stereocenters. The van der Waals surface area contributed by atoms with Gasteiger partial charge >= 0.3 is 5.63 Å². The molecule has 0 bridgehead atoms. The summed E-state index contributed by atoms with van der Waals surface area (Å²) in [6, 6.07) is 10.0. The van der Waals surface area contributed by atoms with E-state index in [4.69, 9.17) is 18.6 Å². The molecule has 10 heteroatoms. The van der Waals surface area contributed by atoms with Crippen LogP contribution in [0.4, 0.5) is 0 Å². The Hall–Kier alpha value is -4.47. The second-order valence-corrected chi connectivity index (χ2v) is 8.04. The van der Waals surface area contributed by atoms with Gasteiger partial charge in [0.25, 0.3) is 0 Å².